The average molecular weight is 382 g/mol. The fraction of sp³-hybridized carbons (Fsp3) is 0.476. The fourth-order valence-electron chi connectivity index (χ4n) is 3.42. The lowest BCUT2D eigenvalue weighted by molar-refractivity contribution is -0.140. The Labute approximate surface area is 164 Å². The summed E-state index contributed by atoms with van der Waals surface area (Å²) in [6.45, 7) is 7.46. The number of hydrogen-bond donors (Lipinski definition) is 1. The number of piperidine rings is 1. The summed E-state index contributed by atoms with van der Waals surface area (Å²) in [6, 6.07) is 1.54. The summed E-state index contributed by atoms with van der Waals surface area (Å²) in [5.41, 5.74) is 1.94. The highest BCUT2D eigenvalue weighted by Gasteiger charge is 2.30. The van der Waals surface area contributed by atoms with Gasteiger partial charge in [0, 0.05) is 42.7 Å². The molecule has 3 rings (SSSR count). The van der Waals surface area contributed by atoms with Gasteiger partial charge in [0.1, 0.15) is 0 Å². The van der Waals surface area contributed by atoms with E-state index in [1.807, 2.05) is 25.7 Å². The number of aromatic nitrogens is 3. The van der Waals surface area contributed by atoms with Gasteiger partial charge in [0.2, 0.25) is 5.91 Å². The Kier molecular flexibility index (Phi) is 5.72. The smallest absolute Gasteiger partial charge is 0.337 e. The number of rotatable bonds is 4. The fourth-order valence-corrected chi connectivity index (χ4v) is 3.42. The molecule has 1 fully saturated rings. The van der Waals surface area contributed by atoms with Crippen molar-refractivity contribution in [3.05, 3.63) is 42.1 Å². The first-order valence-electron chi connectivity index (χ1n) is 9.53. The molecule has 1 saturated heterocycles. The van der Waals surface area contributed by atoms with Crippen molar-refractivity contribution in [3.63, 3.8) is 0 Å². The number of carboxylic acid groups (broad SMARTS) is 1. The molecule has 1 aliphatic heterocycles. The van der Waals surface area contributed by atoms with Crippen LogP contribution < -0.4 is 0 Å². The second kappa shape index (κ2) is 8.04. The average Bonchev–Trinajstić information content (AvgIpc) is 2.68. The standard InChI is InChI=1S/C21H26N4O3/c1-21(2,3)20(28)25-6-4-14(5-7-25)8-17-12-24-18(13-23-17)15-9-16(19(26)27)11-22-10-15/h9-14H,4-8H2,1-3H3,(H,26,27). The van der Waals surface area contributed by atoms with Crippen LogP contribution in [0.5, 0.6) is 0 Å². The molecular formula is C21H26N4O3. The minimum Gasteiger partial charge on any atom is -0.478 e. The van der Waals surface area contributed by atoms with Crippen molar-refractivity contribution < 1.29 is 14.7 Å². The van der Waals surface area contributed by atoms with Crippen LogP contribution in [-0.2, 0) is 11.2 Å². The number of carbonyl (C=O) groups is 2. The maximum Gasteiger partial charge on any atom is 0.337 e. The second-order valence-corrected chi connectivity index (χ2v) is 8.35. The summed E-state index contributed by atoms with van der Waals surface area (Å²) >= 11 is 0. The minimum atomic E-state index is -1.02. The molecule has 7 nitrogen and oxygen atoms in total. The molecule has 0 saturated carbocycles. The van der Waals surface area contributed by atoms with E-state index >= 15 is 0 Å². The van der Waals surface area contributed by atoms with Crippen LogP contribution in [0.1, 0.15) is 49.7 Å². The molecular weight excluding hydrogens is 356 g/mol. The van der Waals surface area contributed by atoms with E-state index in [-0.39, 0.29) is 16.9 Å². The van der Waals surface area contributed by atoms with Crippen LogP contribution in [0, 0.1) is 11.3 Å². The van der Waals surface area contributed by atoms with Crippen molar-refractivity contribution >= 4 is 11.9 Å². The predicted octanol–water partition coefficient (Wildman–Crippen LogP) is 3.06. The van der Waals surface area contributed by atoms with Crippen LogP contribution in [0.15, 0.2) is 30.9 Å². The molecule has 28 heavy (non-hydrogen) atoms. The topological polar surface area (TPSA) is 96.3 Å². The van der Waals surface area contributed by atoms with Gasteiger partial charge in [-0.2, -0.15) is 0 Å². The lowest BCUT2D eigenvalue weighted by Gasteiger charge is -2.35. The zero-order valence-corrected chi connectivity index (χ0v) is 16.6. The van der Waals surface area contributed by atoms with Crippen molar-refractivity contribution in [3.8, 4) is 11.3 Å². The number of nitrogens with zero attached hydrogens (tertiary/aromatic N) is 4. The van der Waals surface area contributed by atoms with Gasteiger partial charge in [-0.1, -0.05) is 20.8 Å². The third kappa shape index (κ3) is 4.71. The summed E-state index contributed by atoms with van der Waals surface area (Å²) in [5, 5.41) is 9.08. The third-order valence-corrected chi connectivity index (χ3v) is 5.03. The van der Waals surface area contributed by atoms with Crippen molar-refractivity contribution in [1.29, 1.82) is 0 Å². The highest BCUT2D eigenvalue weighted by molar-refractivity contribution is 5.88. The van der Waals surface area contributed by atoms with Gasteiger partial charge in [-0.15, -0.1) is 0 Å². The number of likely N-dealkylation sites (tertiary alicyclic amines) is 1. The molecule has 2 aromatic rings. The van der Waals surface area contributed by atoms with Gasteiger partial charge in [-0.25, -0.2) is 4.79 Å². The lowest BCUT2D eigenvalue weighted by Crippen LogP contribution is -2.44. The summed E-state index contributed by atoms with van der Waals surface area (Å²) < 4.78 is 0. The van der Waals surface area contributed by atoms with E-state index in [0.29, 0.717) is 17.2 Å². The Morgan fingerprint density at radius 3 is 2.39 bits per heavy atom. The third-order valence-electron chi connectivity index (χ3n) is 5.03. The molecule has 0 spiro atoms. The molecule has 1 aliphatic rings. The summed E-state index contributed by atoms with van der Waals surface area (Å²) in [6.07, 6.45) is 9.07. The van der Waals surface area contributed by atoms with Gasteiger partial charge in [-0.05, 0) is 31.2 Å². The highest BCUT2D eigenvalue weighted by atomic mass is 16.4. The zero-order chi connectivity index (χ0) is 20.3. The normalized spacial score (nSPS) is 15.5. The van der Waals surface area contributed by atoms with E-state index < -0.39 is 5.97 Å². The van der Waals surface area contributed by atoms with Gasteiger partial charge in [-0.3, -0.25) is 19.7 Å². The number of carboxylic acids is 1. The van der Waals surface area contributed by atoms with Crippen LogP contribution in [0.4, 0.5) is 0 Å². The Balaban J connectivity index is 1.59. The molecule has 2 aromatic heterocycles. The second-order valence-electron chi connectivity index (χ2n) is 8.35. The molecule has 0 aromatic carbocycles. The highest BCUT2D eigenvalue weighted by Crippen LogP contribution is 2.25. The first-order valence-corrected chi connectivity index (χ1v) is 9.53. The molecule has 0 unspecified atom stereocenters. The van der Waals surface area contributed by atoms with E-state index in [2.05, 4.69) is 15.0 Å². The quantitative estimate of drug-likeness (QED) is 0.873. The first-order chi connectivity index (χ1) is 13.2. The molecule has 7 heteroatoms. The van der Waals surface area contributed by atoms with Crippen LogP contribution in [0.2, 0.25) is 0 Å². The maximum atomic E-state index is 12.4. The van der Waals surface area contributed by atoms with Crippen molar-refractivity contribution in [2.75, 3.05) is 13.1 Å². The van der Waals surface area contributed by atoms with Crippen molar-refractivity contribution in [2.24, 2.45) is 11.3 Å². The SMILES string of the molecule is CC(C)(C)C(=O)N1CCC(Cc2cnc(-c3cncc(C(=O)O)c3)cn2)CC1. The van der Waals surface area contributed by atoms with E-state index in [0.717, 1.165) is 38.0 Å². The van der Waals surface area contributed by atoms with Crippen LogP contribution in [-0.4, -0.2) is 49.9 Å². The number of amides is 1. The summed E-state index contributed by atoms with van der Waals surface area (Å²) in [7, 11) is 0. The first kappa shape index (κ1) is 19.9. The molecule has 0 bridgehead atoms. The van der Waals surface area contributed by atoms with E-state index in [1.54, 1.807) is 24.7 Å². The Bertz CT molecular complexity index is 851. The number of pyridine rings is 1. The number of hydrogen-bond acceptors (Lipinski definition) is 5. The number of carbonyl (C=O) groups excluding carboxylic acids is 1. The molecule has 148 valence electrons. The van der Waals surface area contributed by atoms with Crippen molar-refractivity contribution in [1.82, 2.24) is 19.9 Å². The Morgan fingerprint density at radius 1 is 1.11 bits per heavy atom. The van der Waals surface area contributed by atoms with Crippen LogP contribution >= 0.6 is 0 Å². The monoisotopic (exact) mass is 382 g/mol. The Hall–Kier alpha value is -2.83. The molecule has 1 N–H and O–H groups in total. The van der Waals surface area contributed by atoms with Gasteiger partial charge in [0.25, 0.3) is 0 Å². The van der Waals surface area contributed by atoms with Crippen LogP contribution in [0.3, 0.4) is 0 Å². The van der Waals surface area contributed by atoms with Gasteiger partial charge >= 0.3 is 5.97 Å². The Morgan fingerprint density at radius 2 is 1.82 bits per heavy atom. The van der Waals surface area contributed by atoms with E-state index in [4.69, 9.17) is 5.11 Å². The minimum absolute atomic E-state index is 0.125. The zero-order valence-electron chi connectivity index (χ0n) is 16.6. The van der Waals surface area contributed by atoms with Gasteiger partial charge < -0.3 is 10.0 Å². The van der Waals surface area contributed by atoms with Crippen molar-refractivity contribution in [2.45, 2.75) is 40.0 Å². The van der Waals surface area contributed by atoms with E-state index in [9.17, 15) is 9.59 Å². The maximum absolute atomic E-state index is 12.4. The van der Waals surface area contributed by atoms with Gasteiger partial charge in [0.15, 0.2) is 0 Å². The summed E-state index contributed by atoms with van der Waals surface area (Å²) in [5.74, 6) is -0.316. The number of aromatic carboxylic acids is 1. The summed E-state index contributed by atoms with van der Waals surface area (Å²) in [4.78, 5) is 38.3. The molecule has 3 heterocycles. The molecule has 0 aliphatic carbocycles. The van der Waals surface area contributed by atoms with Gasteiger partial charge in [0.05, 0.1) is 23.1 Å². The predicted molar refractivity (Wildman–Crippen MR) is 105 cm³/mol. The molecule has 0 atom stereocenters. The molecule has 0 radical (unpaired) electrons. The van der Waals surface area contributed by atoms with E-state index in [1.165, 1.54) is 6.20 Å². The van der Waals surface area contributed by atoms with Crippen LogP contribution in [0.25, 0.3) is 11.3 Å². The largest absolute Gasteiger partial charge is 0.478 e. The molecule has 1 amide bonds. The lowest BCUT2D eigenvalue weighted by atomic mass is 9.89.